The molecule has 96 valence electrons. The summed E-state index contributed by atoms with van der Waals surface area (Å²) in [5.41, 5.74) is 0.921. The third-order valence-corrected chi connectivity index (χ3v) is 2.65. The SMILES string of the molecule is CCCCNC(=O)/C=C/c1ccc2c(c1)OCO2. The summed E-state index contributed by atoms with van der Waals surface area (Å²) < 4.78 is 10.5. The van der Waals surface area contributed by atoms with Gasteiger partial charge < -0.3 is 14.8 Å². The van der Waals surface area contributed by atoms with E-state index in [4.69, 9.17) is 9.47 Å². The zero-order chi connectivity index (χ0) is 12.8. The van der Waals surface area contributed by atoms with Crippen molar-refractivity contribution in [1.82, 2.24) is 5.32 Å². The molecule has 0 fully saturated rings. The highest BCUT2D eigenvalue weighted by atomic mass is 16.7. The smallest absolute Gasteiger partial charge is 0.243 e. The maximum Gasteiger partial charge on any atom is 0.243 e. The van der Waals surface area contributed by atoms with Crippen molar-refractivity contribution >= 4 is 12.0 Å². The second kappa shape index (κ2) is 6.10. The molecule has 4 nitrogen and oxygen atoms in total. The highest BCUT2D eigenvalue weighted by molar-refractivity contribution is 5.91. The van der Waals surface area contributed by atoms with E-state index in [0.29, 0.717) is 0 Å². The van der Waals surface area contributed by atoms with Crippen molar-refractivity contribution in [2.45, 2.75) is 19.8 Å². The third-order valence-electron chi connectivity index (χ3n) is 2.65. The van der Waals surface area contributed by atoms with Gasteiger partial charge in [-0.3, -0.25) is 4.79 Å². The molecule has 0 radical (unpaired) electrons. The first kappa shape index (κ1) is 12.5. The van der Waals surface area contributed by atoms with Gasteiger partial charge in [0.1, 0.15) is 0 Å². The fourth-order valence-corrected chi connectivity index (χ4v) is 1.64. The first-order valence-corrected chi connectivity index (χ1v) is 6.15. The molecule has 1 amide bonds. The Hall–Kier alpha value is -1.97. The normalized spacial score (nSPS) is 12.9. The number of fused-ring (bicyclic) bond motifs is 1. The number of rotatable bonds is 5. The number of unbranched alkanes of at least 4 members (excludes halogenated alkanes) is 1. The number of hydrogen-bond acceptors (Lipinski definition) is 3. The minimum absolute atomic E-state index is 0.0684. The largest absolute Gasteiger partial charge is 0.454 e. The average Bonchev–Trinajstić information content (AvgIpc) is 2.84. The maximum absolute atomic E-state index is 11.5. The van der Waals surface area contributed by atoms with Crippen LogP contribution in [0.15, 0.2) is 24.3 Å². The van der Waals surface area contributed by atoms with Crippen LogP contribution in [0, 0.1) is 0 Å². The van der Waals surface area contributed by atoms with Gasteiger partial charge in [-0.15, -0.1) is 0 Å². The van der Waals surface area contributed by atoms with Gasteiger partial charge in [0.15, 0.2) is 11.5 Å². The monoisotopic (exact) mass is 247 g/mol. The van der Waals surface area contributed by atoms with E-state index in [2.05, 4.69) is 12.2 Å². The Bertz CT molecular complexity index is 454. The molecule has 1 N–H and O–H groups in total. The van der Waals surface area contributed by atoms with E-state index >= 15 is 0 Å². The van der Waals surface area contributed by atoms with E-state index in [1.54, 1.807) is 6.08 Å². The molecule has 0 aromatic heterocycles. The van der Waals surface area contributed by atoms with Crippen LogP contribution in [0.3, 0.4) is 0 Å². The summed E-state index contributed by atoms with van der Waals surface area (Å²) in [6, 6.07) is 5.60. The second-order valence-corrected chi connectivity index (χ2v) is 4.09. The van der Waals surface area contributed by atoms with Crippen LogP contribution in [0.2, 0.25) is 0 Å². The van der Waals surface area contributed by atoms with Gasteiger partial charge in [-0.1, -0.05) is 19.4 Å². The number of carbonyl (C=O) groups is 1. The number of benzene rings is 1. The molecule has 18 heavy (non-hydrogen) atoms. The fraction of sp³-hybridized carbons (Fsp3) is 0.357. The van der Waals surface area contributed by atoms with Gasteiger partial charge in [0.05, 0.1) is 0 Å². The molecule has 1 aliphatic rings. The van der Waals surface area contributed by atoms with E-state index in [0.717, 1.165) is 36.4 Å². The number of nitrogens with one attached hydrogen (secondary N) is 1. The summed E-state index contributed by atoms with van der Waals surface area (Å²) in [6.07, 6.45) is 5.38. The Morgan fingerprint density at radius 1 is 1.39 bits per heavy atom. The van der Waals surface area contributed by atoms with E-state index < -0.39 is 0 Å². The molecule has 0 atom stereocenters. The average molecular weight is 247 g/mol. The lowest BCUT2D eigenvalue weighted by Crippen LogP contribution is -2.21. The second-order valence-electron chi connectivity index (χ2n) is 4.09. The van der Waals surface area contributed by atoms with Crippen molar-refractivity contribution in [3.63, 3.8) is 0 Å². The summed E-state index contributed by atoms with van der Waals surface area (Å²) >= 11 is 0. The van der Waals surface area contributed by atoms with E-state index in [9.17, 15) is 4.79 Å². The predicted octanol–water partition coefficient (Wildman–Crippen LogP) is 2.34. The van der Waals surface area contributed by atoms with Crippen molar-refractivity contribution in [2.75, 3.05) is 13.3 Å². The Balaban J connectivity index is 1.90. The standard InChI is InChI=1S/C14H17NO3/c1-2-3-8-15-14(16)7-5-11-4-6-12-13(9-11)18-10-17-12/h4-7,9H,2-3,8,10H2,1H3,(H,15,16)/b7-5+. The van der Waals surface area contributed by atoms with Crippen LogP contribution in [-0.4, -0.2) is 19.2 Å². The molecular weight excluding hydrogens is 230 g/mol. The van der Waals surface area contributed by atoms with Crippen LogP contribution >= 0.6 is 0 Å². The van der Waals surface area contributed by atoms with Crippen LogP contribution in [0.25, 0.3) is 6.08 Å². The van der Waals surface area contributed by atoms with E-state index in [1.165, 1.54) is 6.08 Å². The van der Waals surface area contributed by atoms with Gasteiger partial charge in [0.25, 0.3) is 0 Å². The topological polar surface area (TPSA) is 47.6 Å². The molecule has 0 aliphatic carbocycles. The molecule has 4 heteroatoms. The van der Waals surface area contributed by atoms with Crippen molar-refractivity contribution in [1.29, 1.82) is 0 Å². The Morgan fingerprint density at radius 3 is 3.06 bits per heavy atom. The molecule has 0 bridgehead atoms. The summed E-state index contributed by atoms with van der Waals surface area (Å²) in [5, 5.41) is 2.82. The molecule has 1 aromatic rings. The molecule has 1 aromatic carbocycles. The van der Waals surface area contributed by atoms with Crippen LogP contribution in [-0.2, 0) is 4.79 Å². The van der Waals surface area contributed by atoms with Crippen LogP contribution < -0.4 is 14.8 Å². The van der Waals surface area contributed by atoms with Gasteiger partial charge >= 0.3 is 0 Å². The van der Waals surface area contributed by atoms with Crippen LogP contribution in [0.5, 0.6) is 11.5 Å². The minimum Gasteiger partial charge on any atom is -0.454 e. The van der Waals surface area contributed by atoms with Gasteiger partial charge in [-0.25, -0.2) is 0 Å². The first-order chi connectivity index (χ1) is 8.79. The summed E-state index contributed by atoms with van der Waals surface area (Å²) in [5.74, 6) is 1.41. The summed E-state index contributed by atoms with van der Waals surface area (Å²) in [6.45, 7) is 3.08. The fourth-order valence-electron chi connectivity index (χ4n) is 1.64. The minimum atomic E-state index is -0.0684. The Labute approximate surface area is 107 Å². The third kappa shape index (κ3) is 3.26. The van der Waals surface area contributed by atoms with Gasteiger partial charge in [0.2, 0.25) is 12.7 Å². The highest BCUT2D eigenvalue weighted by Gasteiger charge is 2.12. The Kier molecular flexibility index (Phi) is 4.23. The first-order valence-electron chi connectivity index (χ1n) is 6.15. The predicted molar refractivity (Wildman–Crippen MR) is 69.5 cm³/mol. The molecule has 0 saturated heterocycles. The molecule has 0 saturated carbocycles. The number of carbonyl (C=O) groups excluding carboxylic acids is 1. The summed E-state index contributed by atoms with van der Waals surface area (Å²) in [4.78, 5) is 11.5. The van der Waals surface area contributed by atoms with Crippen molar-refractivity contribution in [2.24, 2.45) is 0 Å². The molecular formula is C14H17NO3. The van der Waals surface area contributed by atoms with Gasteiger partial charge in [-0.05, 0) is 30.2 Å². The zero-order valence-electron chi connectivity index (χ0n) is 10.4. The van der Waals surface area contributed by atoms with Gasteiger partial charge in [-0.2, -0.15) is 0 Å². The quantitative estimate of drug-likeness (QED) is 0.641. The van der Waals surface area contributed by atoms with E-state index in [1.807, 2.05) is 18.2 Å². The molecule has 2 rings (SSSR count). The molecule has 1 aliphatic heterocycles. The molecule has 0 spiro atoms. The zero-order valence-corrected chi connectivity index (χ0v) is 10.4. The maximum atomic E-state index is 11.5. The number of hydrogen-bond donors (Lipinski definition) is 1. The number of amides is 1. The van der Waals surface area contributed by atoms with E-state index in [-0.39, 0.29) is 12.7 Å². The summed E-state index contributed by atoms with van der Waals surface area (Å²) in [7, 11) is 0. The van der Waals surface area contributed by atoms with Crippen molar-refractivity contribution < 1.29 is 14.3 Å². The number of ether oxygens (including phenoxy) is 2. The lowest BCUT2D eigenvalue weighted by Gasteiger charge is -2.00. The highest BCUT2D eigenvalue weighted by Crippen LogP contribution is 2.32. The van der Waals surface area contributed by atoms with Crippen LogP contribution in [0.1, 0.15) is 25.3 Å². The lowest BCUT2D eigenvalue weighted by atomic mass is 10.2. The molecule has 1 heterocycles. The van der Waals surface area contributed by atoms with Crippen LogP contribution in [0.4, 0.5) is 0 Å². The van der Waals surface area contributed by atoms with Crippen molar-refractivity contribution in [3.8, 4) is 11.5 Å². The van der Waals surface area contributed by atoms with Crippen molar-refractivity contribution in [3.05, 3.63) is 29.8 Å². The van der Waals surface area contributed by atoms with Gasteiger partial charge in [0, 0.05) is 12.6 Å². The Morgan fingerprint density at radius 2 is 2.22 bits per heavy atom. The lowest BCUT2D eigenvalue weighted by molar-refractivity contribution is -0.116. The molecule has 0 unspecified atom stereocenters.